The molecule has 0 saturated carbocycles. The van der Waals surface area contributed by atoms with Crippen molar-refractivity contribution in [2.75, 3.05) is 30.7 Å². The smallest absolute Gasteiger partial charge is 0.251 e. The van der Waals surface area contributed by atoms with Crippen LogP contribution in [0.3, 0.4) is 0 Å². The molecule has 1 aromatic rings. The zero-order valence-corrected chi connectivity index (χ0v) is 13.1. The van der Waals surface area contributed by atoms with Gasteiger partial charge in [0, 0.05) is 48.2 Å². The molecule has 3 rings (SSSR count). The highest BCUT2D eigenvalue weighted by Gasteiger charge is 2.19. The number of hydrogen-bond acceptors (Lipinski definition) is 4. The number of rotatable bonds is 3. The topological polar surface area (TPSA) is 70.2 Å². The molecule has 3 N–H and O–H groups in total. The Hall–Kier alpha value is -1.24. The summed E-state index contributed by atoms with van der Waals surface area (Å²) in [5, 5.41) is 8.97. The van der Waals surface area contributed by atoms with Gasteiger partial charge in [-0.25, -0.2) is 0 Å². The van der Waals surface area contributed by atoms with Crippen molar-refractivity contribution in [3.05, 3.63) is 23.8 Å². The number of hydrogen-bond donors (Lipinski definition) is 3. The van der Waals surface area contributed by atoms with E-state index in [0.717, 1.165) is 29.4 Å². The monoisotopic (exact) mass is 327 g/mol. The first-order valence-electron chi connectivity index (χ1n) is 6.78. The lowest BCUT2D eigenvalue weighted by molar-refractivity contribution is -0.115. The summed E-state index contributed by atoms with van der Waals surface area (Å²) in [5.41, 5.74) is 1.34. The molecule has 0 bridgehead atoms. The van der Waals surface area contributed by atoms with Gasteiger partial charge >= 0.3 is 0 Å². The summed E-state index contributed by atoms with van der Waals surface area (Å²) in [7, 11) is 0. The minimum absolute atomic E-state index is 0. The van der Waals surface area contributed by atoms with Crippen LogP contribution in [0, 0.1) is 5.92 Å². The third kappa shape index (κ3) is 3.90. The van der Waals surface area contributed by atoms with Gasteiger partial charge in [-0.3, -0.25) is 9.59 Å². The Morgan fingerprint density at radius 2 is 2.19 bits per heavy atom. The minimum atomic E-state index is -0.0804. The first-order chi connectivity index (χ1) is 9.72. The van der Waals surface area contributed by atoms with E-state index in [0.29, 0.717) is 24.4 Å². The second kappa shape index (κ2) is 7.15. The molecule has 1 fully saturated rings. The van der Waals surface area contributed by atoms with Crippen molar-refractivity contribution >= 4 is 41.7 Å². The van der Waals surface area contributed by atoms with Crippen LogP contribution in [-0.4, -0.2) is 37.2 Å². The molecule has 114 valence electrons. The van der Waals surface area contributed by atoms with Gasteiger partial charge in [-0.1, -0.05) is 0 Å². The number of nitrogens with one attached hydrogen (secondary N) is 3. The first-order valence-corrected chi connectivity index (χ1v) is 7.76. The third-order valence-corrected chi connectivity index (χ3v) is 4.60. The van der Waals surface area contributed by atoms with Crippen LogP contribution in [0.25, 0.3) is 0 Å². The molecular weight excluding hydrogens is 310 g/mol. The van der Waals surface area contributed by atoms with E-state index >= 15 is 0 Å². The van der Waals surface area contributed by atoms with Gasteiger partial charge in [0.2, 0.25) is 5.91 Å². The lowest BCUT2D eigenvalue weighted by atomic mass is 10.0. The van der Waals surface area contributed by atoms with Crippen molar-refractivity contribution < 1.29 is 9.59 Å². The summed E-state index contributed by atoms with van der Waals surface area (Å²) in [5.74, 6) is 1.24. The van der Waals surface area contributed by atoms with Gasteiger partial charge in [-0.2, -0.15) is 0 Å². The predicted molar refractivity (Wildman–Crippen MR) is 86.4 cm³/mol. The molecule has 1 aromatic carbocycles. The highest BCUT2D eigenvalue weighted by atomic mass is 35.5. The Morgan fingerprint density at radius 1 is 1.38 bits per heavy atom. The lowest BCUT2D eigenvalue weighted by Gasteiger charge is -2.27. The summed E-state index contributed by atoms with van der Waals surface area (Å²) < 4.78 is 0. The van der Waals surface area contributed by atoms with Gasteiger partial charge < -0.3 is 16.0 Å². The predicted octanol–water partition coefficient (Wildman–Crippen LogP) is 1.49. The van der Waals surface area contributed by atoms with Crippen molar-refractivity contribution in [1.29, 1.82) is 0 Å². The fourth-order valence-electron chi connectivity index (χ4n) is 2.19. The van der Waals surface area contributed by atoms with Crippen molar-refractivity contribution in [2.24, 2.45) is 5.92 Å². The first kappa shape index (κ1) is 16.1. The standard InChI is InChI=1S/C14H17N3O2S.ClH/c18-13-3-4-20-12-2-1-10(5-11(12)17-13)14(19)16-8-9-6-15-7-9;/h1-2,5,9,15H,3-4,6-8H2,(H,16,19)(H,17,18);1H. The van der Waals surface area contributed by atoms with E-state index < -0.39 is 0 Å². The molecule has 0 unspecified atom stereocenters. The zero-order valence-electron chi connectivity index (χ0n) is 11.5. The second-order valence-electron chi connectivity index (χ2n) is 5.09. The summed E-state index contributed by atoms with van der Waals surface area (Å²) in [4.78, 5) is 24.7. The summed E-state index contributed by atoms with van der Waals surface area (Å²) in [6, 6.07) is 5.49. The van der Waals surface area contributed by atoms with Crippen LogP contribution in [0.15, 0.2) is 23.1 Å². The molecule has 2 aliphatic rings. The second-order valence-corrected chi connectivity index (χ2v) is 6.23. The van der Waals surface area contributed by atoms with E-state index in [4.69, 9.17) is 0 Å². The van der Waals surface area contributed by atoms with E-state index in [1.54, 1.807) is 17.8 Å². The Morgan fingerprint density at radius 3 is 2.90 bits per heavy atom. The maximum Gasteiger partial charge on any atom is 0.251 e. The van der Waals surface area contributed by atoms with Crippen LogP contribution >= 0.6 is 24.2 Å². The number of thioether (sulfide) groups is 1. The van der Waals surface area contributed by atoms with E-state index in [1.165, 1.54) is 0 Å². The van der Waals surface area contributed by atoms with Crippen molar-refractivity contribution in [3.63, 3.8) is 0 Å². The SMILES string of the molecule is Cl.O=C1CCSc2ccc(C(=O)NCC3CNC3)cc2N1. The van der Waals surface area contributed by atoms with Crippen LogP contribution in [0.5, 0.6) is 0 Å². The number of carbonyl (C=O) groups is 2. The van der Waals surface area contributed by atoms with E-state index in [2.05, 4.69) is 16.0 Å². The number of amides is 2. The average Bonchev–Trinajstić information content (AvgIpc) is 2.56. The molecule has 2 amide bonds. The van der Waals surface area contributed by atoms with Gasteiger partial charge in [-0.05, 0) is 18.2 Å². The highest BCUT2D eigenvalue weighted by Crippen LogP contribution is 2.31. The molecule has 5 nitrogen and oxygen atoms in total. The number of fused-ring (bicyclic) bond motifs is 1. The minimum Gasteiger partial charge on any atom is -0.352 e. The van der Waals surface area contributed by atoms with Gasteiger partial charge in [-0.15, -0.1) is 24.2 Å². The molecule has 0 aromatic heterocycles. The third-order valence-electron chi connectivity index (χ3n) is 3.52. The Labute approximate surface area is 134 Å². The molecule has 0 atom stereocenters. The molecule has 2 aliphatic heterocycles. The van der Waals surface area contributed by atoms with Crippen LogP contribution in [0.4, 0.5) is 5.69 Å². The molecule has 0 radical (unpaired) electrons. The Balaban J connectivity index is 0.00000161. The van der Waals surface area contributed by atoms with Gasteiger partial charge in [0.15, 0.2) is 0 Å². The molecular formula is C14H18ClN3O2S. The molecule has 1 saturated heterocycles. The van der Waals surface area contributed by atoms with Crippen molar-refractivity contribution in [2.45, 2.75) is 11.3 Å². The quantitative estimate of drug-likeness (QED) is 0.786. The molecule has 0 aliphatic carbocycles. The van der Waals surface area contributed by atoms with E-state index in [9.17, 15) is 9.59 Å². The Kier molecular flexibility index (Phi) is 5.50. The summed E-state index contributed by atoms with van der Waals surface area (Å²) in [6.45, 7) is 2.64. The van der Waals surface area contributed by atoms with Gasteiger partial charge in [0.25, 0.3) is 5.91 Å². The molecule has 7 heteroatoms. The van der Waals surface area contributed by atoms with E-state index in [-0.39, 0.29) is 24.2 Å². The van der Waals surface area contributed by atoms with Crippen molar-refractivity contribution in [3.8, 4) is 0 Å². The normalized spacial score (nSPS) is 17.6. The largest absolute Gasteiger partial charge is 0.352 e. The fourth-order valence-corrected chi connectivity index (χ4v) is 3.13. The van der Waals surface area contributed by atoms with Crippen LogP contribution in [-0.2, 0) is 4.79 Å². The highest BCUT2D eigenvalue weighted by molar-refractivity contribution is 7.99. The van der Waals surface area contributed by atoms with Crippen molar-refractivity contribution in [1.82, 2.24) is 10.6 Å². The zero-order chi connectivity index (χ0) is 13.9. The maximum absolute atomic E-state index is 12.1. The van der Waals surface area contributed by atoms with Gasteiger partial charge in [0.05, 0.1) is 5.69 Å². The lowest BCUT2D eigenvalue weighted by Crippen LogP contribution is -2.48. The van der Waals surface area contributed by atoms with E-state index in [1.807, 2.05) is 12.1 Å². The molecule has 0 spiro atoms. The van der Waals surface area contributed by atoms with Gasteiger partial charge in [0.1, 0.15) is 0 Å². The average molecular weight is 328 g/mol. The Bertz CT molecular complexity index is 549. The van der Waals surface area contributed by atoms with Crippen LogP contribution in [0.2, 0.25) is 0 Å². The summed E-state index contributed by atoms with van der Waals surface area (Å²) in [6.07, 6.45) is 0.509. The maximum atomic E-state index is 12.1. The number of benzene rings is 1. The van der Waals surface area contributed by atoms with Crippen LogP contribution < -0.4 is 16.0 Å². The number of anilines is 1. The number of halogens is 1. The molecule has 2 heterocycles. The summed E-state index contributed by atoms with van der Waals surface area (Å²) >= 11 is 1.64. The fraction of sp³-hybridized carbons (Fsp3) is 0.429. The van der Waals surface area contributed by atoms with Crippen LogP contribution in [0.1, 0.15) is 16.8 Å². The molecule has 21 heavy (non-hydrogen) atoms. The number of carbonyl (C=O) groups excluding carboxylic acids is 2.